The number of halogens is 1. The van der Waals surface area contributed by atoms with Gasteiger partial charge in [-0.2, -0.15) is 4.70 Å². The van der Waals surface area contributed by atoms with Crippen LogP contribution in [0.15, 0.2) is 71.0 Å². The van der Waals surface area contributed by atoms with Gasteiger partial charge in [0.25, 0.3) is 0 Å². The maximum atomic E-state index is 7.55. The maximum absolute atomic E-state index is 7.55. The minimum absolute atomic E-state index is 0.359. The zero-order valence-corrected chi connectivity index (χ0v) is 16.5. The first-order valence-electron chi connectivity index (χ1n) is 10.6. The molecule has 9 heteroatoms. The van der Waals surface area contributed by atoms with E-state index in [1.54, 1.807) is 30.4 Å². The molecule has 1 atom stereocenters. The number of hydrogen-bond donors (Lipinski definition) is 1. The van der Waals surface area contributed by atoms with Crippen molar-refractivity contribution in [3.63, 3.8) is 0 Å². The van der Waals surface area contributed by atoms with Crippen LogP contribution in [0.3, 0.4) is 0 Å². The first-order chi connectivity index (χ1) is 15.8. The summed E-state index contributed by atoms with van der Waals surface area (Å²) in [5.74, 6) is 1.73. The molecule has 1 aromatic carbocycles. The summed E-state index contributed by atoms with van der Waals surface area (Å²) in [6.45, 7) is -0.440. The van der Waals surface area contributed by atoms with Crippen LogP contribution in [0.25, 0.3) is 11.0 Å². The minimum atomic E-state index is -2.36. The zero-order valence-electron chi connectivity index (χ0n) is 18.7. The fraction of sp³-hybridized carbons (Fsp3) is 0.143. The van der Waals surface area contributed by atoms with Crippen molar-refractivity contribution in [1.82, 2.24) is 15.0 Å². The van der Waals surface area contributed by atoms with E-state index >= 15 is 0 Å². The molecule has 0 fully saturated rings. The van der Waals surface area contributed by atoms with Gasteiger partial charge in [-0.05, 0) is 55.0 Å². The van der Waals surface area contributed by atoms with Gasteiger partial charge in [0.1, 0.15) is 33.7 Å². The lowest BCUT2D eigenvalue weighted by molar-refractivity contribution is -0.570. The first-order valence-corrected chi connectivity index (χ1v) is 9.46. The molecule has 0 saturated heterocycles. The van der Waals surface area contributed by atoms with Crippen molar-refractivity contribution < 1.29 is 13.5 Å². The third-order valence-electron chi connectivity index (χ3n) is 4.67. The lowest BCUT2D eigenvalue weighted by atomic mass is 10.1. The molecule has 1 aliphatic carbocycles. The Morgan fingerprint density at radius 3 is 3.03 bits per heavy atom. The van der Waals surface area contributed by atoms with Crippen LogP contribution >= 0.6 is 11.6 Å². The SMILES string of the molecule is [2H]C([2H])([2H])[N+]1=NN=C2C=C(Oc3ccc(Nc4ncnc5ccc(Cl)nc45)cc3C)C=CC21. The summed E-state index contributed by atoms with van der Waals surface area (Å²) in [6.07, 6.45) is 6.58. The Balaban J connectivity index is 1.33. The number of fused-ring (bicyclic) bond motifs is 2. The predicted molar refractivity (Wildman–Crippen MR) is 114 cm³/mol. The van der Waals surface area contributed by atoms with E-state index in [0.29, 0.717) is 39.2 Å². The molecule has 148 valence electrons. The van der Waals surface area contributed by atoms with Gasteiger partial charge < -0.3 is 10.1 Å². The summed E-state index contributed by atoms with van der Waals surface area (Å²) in [4.78, 5) is 12.8. The number of benzene rings is 1. The van der Waals surface area contributed by atoms with Crippen LogP contribution in [-0.4, -0.2) is 38.4 Å². The number of hydrogen-bond acceptors (Lipinski definition) is 7. The Kier molecular flexibility index (Phi) is 3.71. The summed E-state index contributed by atoms with van der Waals surface area (Å²) < 4.78 is 29.7. The van der Waals surface area contributed by atoms with E-state index in [-0.39, 0.29) is 0 Å². The fourth-order valence-electron chi connectivity index (χ4n) is 3.19. The molecule has 2 aromatic heterocycles. The van der Waals surface area contributed by atoms with Crippen molar-refractivity contribution in [3.8, 4) is 5.75 Å². The van der Waals surface area contributed by atoms with Gasteiger partial charge in [-0.25, -0.2) is 15.0 Å². The summed E-state index contributed by atoms with van der Waals surface area (Å²) in [5, 5.41) is 11.3. The zero-order chi connectivity index (χ0) is 23.2. The molecule has 0 bridgehead atoms. The van der Waals surface area contributed by atoms with Gasteiger partial charge in [0, 0.05) is 11.8 Å². The van der Waals surface area contributed by atoms with Crippen LogP contribution in [0.5, 0.6) is 5.75 Å². The molecule has 1 N–H and O–H groups in total. The van der Waals surface area contributed by atoms with Gasteiger partial charge in [-0.15, -0.1) is 0 Å². The molecule has 1 unspecified atom stereocenters. The highest BCUT2D eigenvalue weighted by Crippen LogP contribution is 2.28. The average Bonchev–Trinajstić information content (AvgIpc) is 3.20. The number of rotatable bonds is 4. The average molecular weight is 422 g/mol. The molecule has 0 spiro atoms. The third kappa shape index (κ3) is 3.42. The Morgan fingerprint density at radius 1 is 1.23 bits per heavy atom. The lowest BCUT2D eigenvalue weighted by Gasteiger charge is -2.14. The molecule has 3 aromatic rings. The van der Waals surface area contributed by atoms with E-state index in [0.717, 1.165) is 15.9 Å². The van der Waals surface area contributed by atoms with Crippen LogP contribution < -0.4 is 10.1 Å². The summed E-state index contributed by atoms with van der Waals surface area (Å²) in [7, 11) is 0. The standard InChI is InChI=1S/C21H17ClN7O/c1-12-9-13(25-21-20-15(23-11-24-21)5-8-19(22)26-20)3-7-18(12)30-14-4-6-17-16(10-14)27-28-29(17)2/h3-11,17H,1-2H3,(H,23,24,25)/q+1/i2D3. The van der Waals surface area contributed by atoms with Crippen LogP contribution in [-0.2, 0) is 0 Å². The van der Waals surface area contributed by atoms with E-state index < -0.39 is 13.0 Å². The molecule has 3 heterocycles. The number of nitrogens with zero attached hydrogens (tertiary/aromatic N) is 6. The van der Waals surface area contributed by atoms with Crippen LogP contribution in [0.4, 0.5) is 11.5 Å². The Bertz CT molecular complexity index is 1400. The van der Waals surface area contributed by atoms with Gasteiger partial charge >= 0.3 is 0 Å². The monoisotopic (exact) mass is 421 g/mol. The van der Waals surface area contributed by atoms with Crippen LogP contribution in [0, 0.1) is 6.92 Å². The van der Waals surface area contributed by atoms with Crippen LogP contribution in [0.1, 0.15) is 9.68 Å². The molecule has 0 radical (unpaired) electrons. The Labute approximate surface area is 181 Å². The molecule has 8 nitrogen and oxygen atoms in total. The number of anilines is 2. The van der Waals surface area contributed by atoms with E-state index in [1.807, 2.05) is 25.1 Å². The number of allylic oxidation sites excluding steroid dienone is 1. The van der Waals surface area contributed by atoms with Gasteiger partial charge in [0.15, 0.2) is 5.82 Å². The number of pyridine rings is 1. The minimum Gasteiger partial charge on any atom is -0.457 e. The van der Waals surface area contributed by atoms with E-state index in [1.165, 1.54) is 6.33 Å². The molecule has 30 heavy (non-hydrogen) atoms. The van der Waals surface area contributed by atoms with Crippen molar-refractivity contribution in [2.24, 2.45) is 10.3 Å². The first kappa shape index (κ1) is 15.2. The normalized spacial score (nSPS) is 19.2. The van der Waals surface area contributed by atoms with Crippen molar-refractivity contribution >= 4 is 39.9 Å². The molecular weight excluding hydrogens is 402 g/mol. The maximum Gasteiger partial charge on any atom is 0.234 e. The van der Waals surface area contributed by atoms with Gasteiger partial charge in [-0.3, -0.25) is 0 Å². The molecule has 1 aliphatic heterocycles. The lowest BCUT2D eigenvalue weighted by Crippen LogP contribution is -2.26. The second-order valence-corrected chi connectivity index (χ2v) is 7.13. The van der Waals surface area contributed by atoms with Crippen molar-refractivity contribution in [2.45, 2.75) is 13.0 Å². The highest BCUT2D eigenvalue weighted by molar-refractivity contribution is 6.29. The second-order valence-electron chi connectivity index (χ2n) is 6.74. The Hall–Kier alpha value is -3.65. The number of nitrogens with one attached hydrogen (secondary N) is 1. The fourth-order valence-corrected chi connectivity index (χ4v) is 3.34. The highest BCUT2D eigenvalue weighted by atomic mass is 35.5. The van der Waals surface area contributed by atoms with Gasteiger partial charge in [-0.1, -0.05) is 11.6 Å². The van der Waals surface area contributed by atoms with Gasteiger partial charge in [0.2, 0.25) is 11.8 Å². The summed E-state index contributed by atoms with van der Waals surface area (Å²) >= 11 is 6.03. The largest absolute Gasteiger partial charge is 0.457 e. The summed E-state index contributed by atoms with van der Waals surface area (Å²) in [6, 6.07) is 8.55. The van der Waals surface area contributed by atoms with E-state index in [4.69, 9.17) is 20.5 Å². The number of aromatic nitrogens is 3. The molecule has 0 amide bonds. The molecule has 2 aliphatic rings. The van der Waals surface area contributed by atoms with Crippen molar-refractivity contribution in [2.75, 3.05) is 12.3 Å². The Morgan fingerprint density at radius 2 is 2.17 bits per heavy atom. The number of aryl methyl sites for hydroxylation is 1. The quantitative estimate of drug-likeness (QED) is 0.498. The topological polar surface area (TPSA) is 87.7 Å². The van der Waals surface area contributed by atoms with Gasteiger partial charge in [0.05, 0.1) is 21.7 Å². The number of likely N-dealkylation sites (N-methyl/N-ethyl adjacent to an activating group) is 1. The van der Waals surface area contributed by atoms with E-state index in [9.17, 15) is 0 Å². The number of ether oxygens (including phenoxy) is 1. The van der Waals surface area contributed by atoms with Crippen molar-refractivity contribution in [3.05, 3.63) is 71.4 Å². The summed E-state index contributed by atoms with van der Waals surface area (Å²) in [5.41, 5.74) is 3.44. The van der Waals surface area contributed by atoms with Crippen LogP contribution in [0.2, 0.25) is 5.15 Å². The molecular formula is C21H17ClN7O+. The second kappa shape index (κ2) is 7.31. The third-order valence-corrected chi connectivity index (χ3v) is 4.88. The highest BCUT2D eigenvalue weighted by Gasteiger charge is 2.31. The molecule has 0 saturated carbocycles. The van der Waals surface area contributed by atoms with E-state index in [2.05, 4.69) is 30.6 Å². The predicted octanol–water partition coefficient (Wildman–Crippen LogP) is 4.40. The smallest absolute Gasteiger partial charge is 0.234 e. The molecule has 5 rings (SSSR count). The van der Waals surface area contributed by atoms with Crippen molar-refractivity contribution in [1.29, 1.82) is 0 Å².